The lowest BCUT2D eigenvalue weighted by Gasteiger charge is -2.26. The van der Waals surface area contributed by atoms with Gasteiger partial charge in [0.05, 0.1) is 5.69 Å². The second-order valence-corrected chi connectivity index (χ2v) is 8.19. The first-order valence-electron chi connectivity index (χ1n) is 10.3. The number of para-hydroxylation sites is 1. The molecule has 0 atom stereocenters. The minimum atomic E-state index is -0.889. The van der Waals surface area contributed by atoms with Gasteiger partial charge in [-0.1, -0.05) is 41.4 Å². The Kier molecular flexibility index (Phi) is 7.14. The van der Waals surface area contributed by atoms with E-state index < -0.39 is 23.8 Å². The summed E-state index contributed by atoms with van der Waals surface area (Å²) in [6.45, 7) is -0.331. The summed E-state index contributed by atoms with van der Waals surface area (Å²) < 4.78 is 5.63. The number of carbonyl (C=O) groups excluding carboxylic acids is 4. The molecule has 176 valence electrons. The van der Waals surface area contributed by atoms with Gasteiger partial charge in [0.15, 0.2) is 6.61 Å². The molecule has 1 saturated heterocycles. The quantitative estimate of drug-likeness (QED) is 0.370. The summed E-state index contributed by atoms with van der Waals surface area (Å²) in [5, 5.41) is 5.57. The number of hydrogen-bond acceptors (Lipinski definition) is 5. The highest BCUT2D eigenvalue weighted by Gasteiger charge is 2.37. The number of nitrogens with zero attached hydrogens (tertiary/aromatic N) is 1. The Balaban J connectivity index is 1.59. The predicted octanol–water partition coefficient (Wildman–Crippen LogP) is 4.68. The molecule has 0 aromatic heterocycles. The summed E-state index contributed by atoms with van der Waals surface area (Å²) in [5.41, 5.74) is 0.792. The second kappa shape index (κ2) is 10.4. The second-order valence-electron chi connectivity index (χ2n) is 7.32. The van der Waals surface area contributed by atoms with Crippen LogP contribution < -0.4 is 20.3 Å². The molecule has 3 aromatic rings. The van der Waals surface area contributed by atoms with E-state index in [1.165, 1.54) is 42.5 Å². The Bertz CT molecular complexity index is 1340. The van der Waals surface area contributed by atoms with E-state index in [9.17, 15) is 19.2 Å². The summed E-state index contributed by atoms with van der Waals surface area (Å²) in [5.74, 6) is -1.91. The Labute approximate surface area is 210 Å². The van der Waals surface area contributed by atoms with Gasteiger partial charge in [-0.15, -0.1) is 0 Å². The van der Waals surface area contributed by atoms with Crippen LogP contribution in [-0.2, 0) is 14.4 Å². The average Bonchev–Trinajstić information content (AvgIpc) is 2.83. The van der Waals surface area contributed by atoms with Gasteiger partial charge >= 0.3 is 6.03 Å². The molecule has 0 bridgehead atoms. The van der Waals surface area contributed by atoms with Crippen molar-refractivity contribution in [1.29, 1.82) is 0 Å². The smallest absolute Gasteiger partial charge is 0.335 e. The molecule has 4 rings (SSSR count). The molecular weight excluding hydrogens is 493 g/mol. The van der Waals surface area contributed by atoms with Gasteiger partial charge in [0.25, 0.3) is 17.7 Å². The van der Waals surface area contributed by atoms with Crippen LogP contribution in [-0.4, -0.2) is 30.4 Å². The number of amides is 5. The number of barbiturate groups is 1. The average molecular weight is 510 g/mol. The van der Waals surface area contributed by atoms with E-state index >= 15 is 0 Å². The van der Waals surface area contributed by atoms with Crippen LogP contribution >= 0.6 is 23.2 Å². The van der Waals surface area contributed by atoms with Gasteiger partial charge in [-0.2, -0.15) is 0 Å². The van der Waals surface area contributed by atoms with Crippen LogP contribution in [0, 0.1) is 0 Å². The summed E-state index contributed by atoms with van der Waals surface area (Å²) in [6, 6.07) is 18.5. The molecule has 1 heterocycles. The molecule has 1 fully saturated rings. The fourth-order valence-corrected chi connectivity index (χ4v) is 3.57. The highest BCUT2D eigenvalue weighted by Crippen LogP contribution is 2.28. The zero-order valence-electron chi connectivity index (χ0n) is 18.0. The maximum Gasteiger partial charge on any atom is 0.335 e. The number of imide groups is 2. The number of urea groups is 1. The van der Waals surface area contributed by atoms with Crippen molar-refractivity contribution in [3.8, 4) is 5.75 Å². The number of hydrogen-bond donors (Lipinski definition) is 2. The Hall–Kier alpha value is -4.14. The lowest BCUT2D eigenvalue weighted by Crippen LogP contribution is -2.54. The largest absolute Gasteiger partial charge is 0.483 e. The molecule has 0 radical (unpaired) electrons. The third kappa shape index (κ3) is 5.68. The van der Waals surface area contributed by atoms with Crippen LogP contribution in [0.4, 0.5) is 16.2 Å². The number of anilines is 2. The topological polar surface area (TPSA) is 105 Å². The van der Waals surface area contributed by atoms with E-state index in [2.05, 4.69) is 10.6 Å². The van der Waals surface area contributed by atoms with Crippen molar-refractivity contribution >= 4 is 64.4 Å². The van der Waals surface area contributed by atoms with Gasteiger partial charge in [0, 0.05) is 21.3 Å². The predicted molar refractivity (Wildman–Crippen MR) is 132 cm³/mol. The number of ether oxygens (including phenoxy) is 1. The van der Waals surface area contributed by atoms with E-state index in [1.807, 2.05) is 6.07 Å². The standard InChI is InChI=1S/C25H17Cl2N3O5/c26-16-6-9-19(10-7-16)30-24(33)20(23(32)29-25(30)34)13-15-12-17(27)8-11-21(15)35-14-22(31)28-18-4-2-1-3-5-18/h1-13H,14H2,(H,28,31)(H,29,32,34)/b20-13+. The Morgan fingerprint density at radius 3 is 2.34 bits per heavy atom. The number of rotatable bonds is 6. The van der Waals surface area contributed by atoms with Gasteiger partial charge in [-0.05, 0) is 60.7 Å². The number of benzene rings is 3. The van der Waals surface area contributed by atoms with E-state index in [4.69, 9.17) is 27.9 Å². The van der Waals surface area contributed by atoms with Crippen LogP contribution in [0.15, 0.2) is 78.4 Å². The van der Waals surface area contributed by atoms with Gasteiger partial charge in [-0.3, -0.25) is 19.7 Å². The van der Waals surface area contributed by atoms with Gasteiger partial charge < -0.3 is 10.1 Å². The lowest BCUT2D eigenvalue weighted by atomic mass is 10.1. The number of nitrogens with one attached hydrogen (secondary N) is 2. The molecule has 0 aliphatic carbocycles. The maximum atomic E-state index is 13.1. The Morgan fingerprint density at radius 1 is 0.943 bits per heavy atom. The molecular formula is C25H17Cl2N3O5. The third-order valence-electron chi connectivity index (χ3n) is 4.87. The molecule has 0 unspecified atom stereocenters. The molecule has 5 amide bonds. The third-order valence-corrected chi connectivity index (χ3v) is 5.36. The van der Waals surface area contributed by atoms with Crippen molar-refractivity contribution in [3.05, 3.63) is 94.0 Å². The van der Waals surface area contributed by atoms with Crippen LogP contribution in [0.1, 0.15) is 5.56 Å². The van der Waals surface area contributed by atoms with Crippen molar-refractivity contribution in [2.75, 3.05) is 16.8 Å². The van der Waals surface area contributed by atoms with Gasteiger partial charge in [-0.25, -0.2) is 9.69 Å². The zero-order valence-corrected chi connectivity index (χ0v) is 19.5. The van der Waals surface area contributed by atoms with Crippen LogP contribution in [0.2, 0.25) is 10.0 Å². The van der Waals surface area contributed by atoms with E-state index in [0.29, 0.717) is 15.7 Å². The van der Waals surface area contributed by atoms with Crippen molar-refractivity contribution in [1.82, 2.24) is 5.32 Å². The summed E-state index contributed by atoms with van der Waals surface area (Å²) in [6.07, 6.45) is 1.25. The minimum absolute atomic E-state index is 0.209. The number of halogens is 2. The van der Waals surface area contributed by atoms with Crippen molar-refractivity contribution in [2.24, 2.45) is 0 Å². The first kappa shape index (κ1) is 24.0. The number of carbonyl (C=O) groups is 4. The summed E-state index contributed by atoms with van der Waals surface area (Å²) in [4.78, 5) is 51.1. The monoisotopic (exact) mass is 509 g/mol. The van der Waals surface area contributed by atoms with Gasteiger partial charge in [0.1, 0.15) is 11.3 Å². The molecule has 10 heteroatoms. The molecule has 1 aliphatic rings. The maximum absolute atomic E-state index is 13.1. The molecule has 35 heavy (non-hydrogen) atoms. The first-order valence-corrected chi connectivity index (χ1v) is 11.0. The molecule has 8 nitrogen and oxygen atoms in total. The molecule has 0 spiro atoms. The van der Waals surface area contributed by atoms with E-state index in [-0.39, 0.29) is 29.2 Å². The van der Waals surface area contributed by atoms with Crippen molar-refractivity contribution in [3.63, 3.8) is 0 Å². The molecule has 0 saturated carbocycles. The minimum Gasteiger partial charge on any atom is -0.483 e. The summed E-state index contributed by atoms with van der Waals surface area (Å²) >= 11 is 12.0. The Morgan fingerprint density at radius 2 is 1.63 bits per heavy atom. The van der Waals surface area contributed by atoms with Crippen molar-refractivity contribution in [2.45, 2.75) is 0 Å². The molecule has 2 N–H and O–H groups in total. The normalized spacial score (nSPS) is 14.6. The fraction of sp³-hybridized carbons (Fsp3) is 0.0400. The highest BCUT2D eigenvalue weighted by atomic mass is 35.5. The van der Waals surface area contributed by atoms with Crippen LogP contribution in [0.3, 0.4) is 0 Å². The first-order chi connectivity index (χ1) is 16.8. The van der Waals surface area contributed by atoms with Gasteiger partial charge in [0.2, 0.25) is 0 Å². The lowest BCUT2D eigenvalue weighted by molar-refractivity contribution is -0.122. The summed E-state index contributed by atoms with van der Waals surface area (Å²) in [7, 11) is 0. The molecule has 1 aliphatic heterocycles. The van der Waals surface area contributed by atoms with Crippen LogP contribution in [0.5, 0.6) is 5.75 Å². The fourth-order valence-electron chi connectivity index (χ4n) is 3.26. The van der Waals surface area contributed by atoms with E-state index in [1.54, 1.807) is 30.3 Å². The van der Waals surface area contributed by atoms with Crippen molar-refractivity contribution < 1.29 is 23.9 Å². The SMILES string of the molecule is O=C(COc1ccc(Cl)cc1/C=C1\C(=O)NC(=O)N(c2ccc(Cl)cc2)C1=O)Nc1ccccc1. The van der Waals surface area contributed by atoms with Crippen LogP contribution in [0.25, 0.3) is 6.08 Å². The van der Waals surface area contributed by atoms with E-state index in [0.717, 1.165) is 4.90 Å². The highest BCUT2D eigenvalue weighted by molar-refractivity contribution is 6.39. The zero-order chi connectivity index (χ0) is 24.9. The molecule has 3 aromatic carbocycles.